The van der Waals surface area contributed by atoms with Gasteiger partial charge in [-0.25, -0.2) is 27.9 Å². The first kappa shape index (κ1) is 20.4. The topological polar surface area (TPSA) is 131 Å². The molecule has 0 atom stereocenters. The second-order valence-electron chi connectivity index (χ2n) is 7.04. The molecule has 4 rings (SSSR count). The molecular formula is C20H19N7O3S. The van der Waals surface area contributed by atoms with Crippen LogP contribution in [0.5, 0.6) is 0 Å². The first-order valence-corrected chi connectivity index (χ1v) is 11.1. The van der Waals surface area contributed by atoms with E-state index in [1.807, 2.05) is 12.1 Å². The quantitative estimate of drug-likeness (QED) is 0.487. The van der Waals surface area contributed by atoms with Crippen molar-refractivity contribution < 1.29 is 13.2 Å². The number of aromatic nitrogens is 5. The number of carbonyl (C=O) groups is 1. The molecule has 0 aliphatic heterocycles. The number of rotatable bonds is 5. The third kappa shape index (κ3) is 4.51. The Bertz CT molecular complexity index is 1410. The highest BCUT2D eigenvalue weighted by Crippen LogP contribution is 2.31. The number of imidazole rings is 1. The van der Waals surface area contributed by atoms with Crippen molar-refractivity contribution in [2.45, 2.75) is 18.9 Å². The standard InChI is InChI=1S/C20H19N7O3S/c1-12-6-19(25-20(7-12)31(3,29)30)24-17-8-18(23-13(2)28)22-10-15(17)16-5-4-14-9-21-11-27(14)26-16/h4-11H,1-3H3,(H2,22,23,24,25,28). The second kappa shape index (κ2) is 7.76. The molecule has 158 valence electrons. The van der Waals surface area contributed by atoms with Gasteiger partial charge in [0.15, 0.2) is 14.9 Å². The van der Waals surface area contributed by atoms with Crippen LogP contribution in [0.25, 0.3) is 16.8 Å². The molecule has 0 bridgehead atoms. The van der Waals surface area contributed by atoms with Gasteiger partial charge in [0, 0.05) is 31.0 Å². The van der Waals surface area contributed by atoms with E-state index >= 15 is 0 Å². The Hall–Kier alpha value is -3.86. The molecule has 11 heteroatoms. The smallest absolute Gasteiger partial charge is 0.222 e. The summed E-state index contributed by atoms with van der Waals surface area (Å²) in [6.45, 7) is 3.17. The summed E-state index contributed by atoms with van der Waals surface area (Å²) in [7, 11) is -3.49. The summed E-state index contributed by atoms with van der Waals surface area (Å²) in [5.74, 6) is 0.404. The van der Waals surface area contributed by atoms with Crippen molar-refractivity contribution in [1.82, 2.24) is 24.6 Å². The van der Waals surface area contributed by atoms with Crippen LogP contribution in [0.4, 0.5) is 17.3 Å². The molecule has 0 unspecified atom stereocenters. The van der Waals surface area contributed by atoms with Crippen LogP contribution in [0.1, 0.15) is 12.5 Å². The molecule has 4 aromatic rings. The van der Waals surface area contributed by atoms with Crippen LogP contribution in [-0.2, 0) is 14.6 Å². The van der Waals surface area contributed by atoms with Gasteiger partial charge in [0.25, 0.3) is 0 Å². The molecule has 0 fully saturated rings. The molecule has 0 saturated carbocycles. The van der Waals surface area contributed by atoms with Crippen LogP contribution in [0, 0.1) is 6.92 Å². The maximum atomic E-state index is 12.0. The minimum atomic E-state index is -3.49. The van der Waals surface area contributed by atoms with Gasteiger partial charge < -0.3 is 10.6 Å². The van der Waals surface area contributed by atoms with Crippen molar-refractivity contribution in [3.05, 3.63) is 54.6 Å². The number of aryl methyl sites for hydroxylation is 1. The fourth-order valence-electron chi connectivity index (χ4n) is 3.00. The fourth-order valence-corrected chi connectivity index (χ4v) is 3.66. The zero-order valence-electron chi connectivity index (χ0n) is 17.0. The van der Waals surface area contributed by atoms with E-state index in [1.54, 1.807) is 42.3 Å². The molecule has 4 heterocycles. The zero-order chi connectivity index (χ0) is 22.2. The number of pyridine rings is 2. The second-order valence-corrected chi connectivity index (χ2v) is 9.01. The summed E-state index contributed by atoms with van der Waals surface area (Å²) >= 11 is 0. The summed E-state index contributed by atoms with van der Waals surface area (Å²) in [6, 6.07) is 8.56. The van der Waals surface area contributed by atoms with Crippen molar-refractivity contribution in [2.75, 3.05) is 16.9 Å². The van der Waals surface area contributed by atoms with Crippen LogP contribution in [0.15, 0.2) is 54.1 Å². The van der Waals surface area contributed by atoms with E-state index in [2.05, 4.69) is 30.7 Å². The van der Waals surface area contributed by atoms with Gasteiger partial charge in [0.2, 0.25) is 5.91 Å². The Morgan fingerprint density at radius 1 is 1.10 bits per heavy atom. The van der Waals surface area contributed by atoms with Crippen molar-refractivity contribution >= 4 is 38.6 Å². The highest BCUT2D eigenvalue weighted by molar-refractivity contribution is 7.90. The van der Waals surface area contributed by atoms with Gasteiger partial charge in [-0.1, -0.05) is 0 Å². The molecule has 0 radical (unpaired) electrons. The number of fused-ring (bicyclic) bond motifs is 1. The van der Waals surface area contributed by atoms with E-state index in [0.717, 1.165) is 17.3 Å². The number of nitrogens with zero attached hydrogens (tertiary/aromatic N) is 5. The lowest BCUT2D eigenvalue weighted by atomic mass is 10.1. The Kier molecular flexibility index (Phi) is 5.11. The van der Waals surface area contributed by atoms with E-state index in [4.69, 9.17) is 0 Å². The molecule has 0 saturated heterocycles. The number of hydrogen-bond donors (Lipinski definition) is 2. The number of anilines is 3. The van der Waals surface area contributed by atoms with Crippen LogP contribution < -0.4 is 10.6 Å². The molecule has 10 nitrogen and oxygen atoms in total. The van der Waals surface area contributed by atoms with Gasteiger partial charge in [-0.2, -0.15) is 5.10 Å². The van der Waals surface area contributed by atoms with Crippen molar-refractivity contribution in [3.63, 3.8) is 0 Å². The average molecular weight is 437 g/mol. The Morgan fingerprint density at radius 2 is 1.90 bits per heavy atom. The van der Waals surface area contributed by atoms with E-state index < -0.39 is 9.84 Å². The maximum Gasteiger partial charge on any atom is 0.222 e. The highest BCUT2D eigenvalue weighted by Gasteiger charge is 2.15. The number of carbonyl (C=O) groups excluding carboxylic acids is 1. The van der Waals surface area contributed by atoms with Crippen LogP contribution in [0.2, 0.25) is 0 Å². The van der Waals surface area contributed by atoms with Gasteiger partial charge >= 0.3 is 0 Å². The molecule has 0 aromatic carbocycles. The number of hydrogen-bond acceptors (Lipinski definition) is 8. The van der Waals surface area contributed by atoms with Gasteiger partial charge in [0.1, 0.15) is 18.0 Å². The minimum absolute atomic E-state index is 0.0364. The molecule has 0 aliphatic rings. The van der Waals surface area contributed by atoms with Gasteiger partial charge in [-0.05, 0) is 36.8 Å². The van der Waals surface area contributed by atoms with E-state index in [-0.39, 0.29) is 10.9 Å². The fraction of sp³-hybridized carbons (Fsp3) is 0.150. The summed E-state index contributed by atoms with van der Waals surface area (Å²) in [4.78, 5) is 24.1. The van der Waals surface area contributed by atoms with Gasteiger partial charge in [-0.15, -0.1) is 0 Å². The Morgan fingerprint density at radius 3 is 2.65 bits per heavy atom. The zero-order valence-corrected chi connectivity index (χ0v) is 17.8. The first-order chi connectivity index (χ1) is 14.7. The van der Waals surface area contributed by atoms with Crippen molar-refractivity contribution in [2.24, 2.45) is 0 Å². The average Bonchev–Trinajstić information content (AvgIpc) is 3.14. The summed E-state index contributed by atoms with van der Waals surface area (Å²) in [5.41, 5.74) is 3.34. The lowest BCUT2D eigenvalue weighted by Crippen LogP contribution is -2.09. The molecule has 0 aliphatic carbocycles. The van der Waals surface area contributed by atoms with Crippen molar-refractivity contribution in [3.8, 4) is 11.3 Å². The summed E-state index contributed by atoms with van der Waals surface area (Å²) in [6.07, 6.45) is 5.96. The van der Waals surface area contributed by atoms with Crippen LogP contribution in [-0.4, -0.2) is 45.1 Å². The van der Waals surface area contributed by atoms with E-state index in [0.29, 0.717) is 28.6 Å². The lowest BCUT2D eigenvalue weighted by Gasteiger charge is -2.14. The van der Waals surface area contributed by atoms with Gasteiger partial charge in [0.05, 0.1) is 23.1 Å². The Balaban J connectivity index is 1.82. The molecule has 2 N–H and O–H groups in total. The lowest BCUT2D eigenvalue weighted by molar-refractivity contribution is -0.114. The van der Waals surface area contributed by atoms with E-state index in [1.165, 1.54) is 13.0 Å². The predicted octanol–water partition coefficient (Wildman–Crippen LogP) is 2.60. The van der Waals surface area contributed by atoms with Gasteiger partial charge in [-0.3, -0.25) is 4.79 Å². The highest BCUT2D eigenvalue weighted by atomic mass is 32.2. The molecule has 0 spiro atoms. The third-order valence-electron chi connectivity index (χ3n) is 4.35. The SMILES string of the molecule is CC(=O)Nc1cc(Nc2cc(C)cc(S(C)(=O)=O)n2)c(-c2ccc3cncn3n2)cn1. The number of amides is 1. The molecule has 4 aromatic heterocycles. The molecule has 31 heavy (non-hydrogen) atoms. The maximum absolute atomic E-state index is 12.0. The van der Waals surface area contributed by atoms with Crippen LogP contribution >= 0.6 is 0 Å². The summed E-state index contributed by atoms with van der Waals surface area (Å²) in [5, 5.41) is 10.3. The predicted molar refractivity (Wildman–Crippen MR) is 116 cm³/mol. The van der Waals surface area contributed by atoms with E-state index in [9.17, 15) is 13.2 Å². The number of sulfone groups is 1. The monoisotopic (exact) mass is 437 g/mol. The third-order valence-corrected chi connectivity index (χ3v) is 5.32. The summed E-state index contributed by atoms with van der Waals surface area (Å²) < 4.78 is 25.6. The minimum Gasteiger partial charge on any atom is -0.339 e. The number of nitrogens with one attached hydrogen (secondary N) is 2. The Labute approximate surface area is 178 Å². The molecular weight excluding hydrogens is 418 g/mol. The first-order valence-electron chi connectivity index (χ1n) is 9.22. The normalized spacial score (nSPS) is 11.5. The molecule has 1 amide bonds. The van der Waals surface area contributed by atoms with Crippen molar-refractivity contribution in [1.29, 1.82) is 0 Å². The largest absolute Gasteiger partial charge is 0.339 e. The van der Waals surface area contributed by atoms with Crippen LogP contribution in [0.3, 0.4) is 0 Å².